The predicted molar refractivity (Wildman–Crippen MR) is 128 cm³/mol. The Balaban J connectivity index is 1.55. The van der Waals surface area contributed by atoms with E-state index in [2.05, 4.69) is 15.4 Å². The monoisotopic (exact) mass is 451 g/mol. The number of sulfonamides is 1. The van der Waals surface area contributed by atoms with Crippen molar-refractivity contribution >= 4 is 50.7 Å². The molecule has 3 rings (SSSR count). The molecule has 0 aliphatic carbocycles. The van der Waals surface area contributed by atoms with Crippen LogP contribution in [0.4, 0.5) is 11.4 Å². The van der Waals surface area contributed by atoms with Crippen LogP contribution < -0.4 is 15.4 Å². The van der Waals surface area contributed by atoms with Crippen molar-refractivity contribution in [2.75, 3.05) is 10.0 Å². The molecule has 0 unspecified atom stereocenters. The molecule has 0 heterocycles. The Labute approximate surface area is 187 Å². The van der Waals surface area contributed by atoms with Gasteiger partial charge in [0.2, 0.25) is 5.91 Å². The van der Waals surface area contributed by atoms with E-state index in [1.807, 2.05) is 31.2 Å². The summed E-state index contributed by atoms with van der Waals surface area (Å²) >= 11 is 5.15. The average molecular weight is 452 g/mol. The number of carbonyl (C=O) groups excluding carboxylic acids is 1. The maximum Gasteiger partial charge on any atom is 0.261 e. The van der Waals surface area contributed by atoms with Gasteiger partial charge in [-0.25, -0.2) is 8.42 Å². The zero-order valence-corrected chi connectivity index (χ0v) is 18.3. The Hall–Kier alpha value is -3.49. The summed E-state index contributed by atoms with van der Waals surface area (Å²) in [6, 6.07) is 22.4. The van der Waals surface area contributed by atoms with E-state index in [4.69, 9.17) is 12.2 Å². The zero-order valence-electron chi connectivity index (χ0n) is 16.7. The third-order valence-corrected chi connectivity index (χ3v) is 5.79. The molecule has 0 saturated carbocycles. The number of nitrogens with one attached hydrogen (secondary N) is 3. The highest BCUT2D eigenvalue weighted by Gasteiger charge is 2.14. The third-order valence-electron chi connectivity index (χ3n) is 4.19. The fourth-order valence-electron chi connectivity index (χ4n) is 2.60. The number of hydrogen-bond donors (Lipinski definition) is 3. The molecular weight excluding hydrogens is 430 g/mol. The predicted octanol–water partition coefficient (Wildman–Crippen LogP) is 4.32. The van der Waals surface area contributed by atoms with Crippen molar-refractivity contribution in [3.8, 4) is 0 Å². The Bertz CT molecular complexity index is 1190. The smallest absolute Gasteiger partial charge is 0.261 e. The number of anilines is 2. The molecule has 0 radical (unpaired) electrons. The highest BCUT2D eigenvalue weighted by molar-refractivity contribution is 7.92. The first-order valence-electron chi connectivity index (χ1n) is 9.36. The molecule has 8 heteroatoms. The second kappa shape index (κ2) is 10.0. The Morgan fingerprint density at radius 1 is 0.871 bits per heavy atom. The lowest BCUT2D eigenvalue weighted by Gasteiger charge is -2.10. The van der Waals surface area contributed by atoms with Gasteiger partial charge in [0, 0.05) is 17.5 Å². The lowest BCUT2D eigenvalue weighted by molar-refractivity contribution is -0.115. The van der Waals surface area contributed by atoms with E-state index in [1.165, 1.54) is 18.2 Å². The van der Waals surface area contributed by atoms with E-state index in [9.17, 15) is 13.2 Å². The van der Waals surface area contributed by atoms with Gasteiger partial charge in [0.15, 0.2) is 5.11 Å². The van der Waals surface area contributed by atoms with Gasteiger partial charge in [-0.15, -0.1) is 0 Å². The second-order valence-electron chi connectivity index (χ2n) is 6.68. The van der Waals surface area contributed by atoms with E-state index in [-0.39, 0.29) is 15.9 Å². The standard InChI is InChI=1S/C23H21N3O3S2/c1-17-7-9-18(10-8-17)11-16-22(27)25-23(30)24-19-12-14-21(15-13-19)31(28,29)26-20-5-3-2-4-6-20/h2-16,26H,1H3,(H2,24,25,27,30)/b16-11+. The van der Waals surface area contributed by atoms with E-state index < -0.39 is 10.0 Å². The van der Waals surface area contributed by atoms with Gasteiger partial charge in [0.1, 0.15) is 0 Å². The van der Waals surface area contributed by atoms with Crippen LogP contribution in [0.3, 0.4) is 0 Å². The van der Waals surface area contributed by atoms with Crippen molar-refractivity contribution in [1.29, 1.82) is 0 Å². The molecule has 3 aromatic rings. The SMILES string of the molecule is Cc1ccc(/C=C/C(=O)NC(=S)Nc2ccc(S(=O)(=O)Nc3ccccc3)cc2)cc1. The number of para-hydroxylation sites is 1. The highest BCUT2D eigenvalue weighted by Crippen LogP contribution is 2.18. The molecule has 0 spiro atoms. The quantitative estimate of drug-likeness (QED) is 0.384. The number of rotatable bonds is 6. The van der Waals surface area contributed by atoms with Crippen LogP contribution in [0.15, 0.2) is 89.8 Å². The number of carbonyl (C=O) groups is 1. The normalized spacial score (nSPS) is 11.1. The number of benzene rings is 3. The Kier molecular flexibility index (Phi) is 7.17. The molecule has 0 aromatic heterocycles. The van der Waals surface area contributed by atoms with Gasteiger partial charge in [0.05, 0.1) is 4.90 Å². The van der Waals surface area contributed by atoms with E-state index >= 15 is 0 Å². The number of aryl methyl sites for hydroxylation is 1. The Morgan fingerprint density at radius 2 is 1.52 bits per heavy atom. The van der Waals surface area contributed by atoms with E-state index in [0.717, 1.165) is 11.1 Å². The maximum absolute atomic E-state index is 12.5. The second-order valence-corrected chi connectivity index (χ2v) is 8.77. The molecule has 3 aromatic carbocycles. The van der Waals surface area contributed by atoms with Crippen molar-refractivity contribution in [3.63, 3.8) is 0 Å². The summed E-state index contributed by atoms with van der Waals surface area (Å²) in [5, 5.41) is 5.52. The lowest BCUT2D eigenvalue weighted by Crippen LogP contribution is -2.32. The molecule has 31 heavy (non-hydrogen) atoms. The van der Waals surface area contributed by atoms with Gasteiger partial charge in [-0.05, 0) is 67.2 Å². The summed E-state index contributed by atoms with van der Waals surface area (Å²) in [6.45, 7) is 1.99. The molecule has 158 valence electrons. The summed E-state index contributed by atoms with van der Waals surface area (Å²) in [5.41, 5.74) is 3.07. The number of thiocarbonyl (C=S) groups is 1. The molecule has 0 aliphatic heterocycles. The largest absolute Gasteiger partial charge is 0.332 e. The van der Waals surface area contributed by atoms with Crippen LogP contribution in [-0.4, -0.2) is 19.4 Å². The summed E-state index contributed by atoms with van der Waals surface area (Å²) in [6.07, 6.45) is 3.08. The van der Waals surface area contributed by atoms with Crippen LogP contribution in [0.25, 0.3) is 6.08 Å². The number of amides is 1. The van der Waals surface area contributed by atoms with Crippen LogP contribution in [0.5, 0.6) is 0 Å². The molecule has 3 N–H and O–H groups in total. The molecule has 0 aliphatic rings. The molecule has 0 atom stereocenters. The third kappa shape index (κ3) is 6.77. The van der Waals surface area contributed by atoms with Gasteiger partial charge in [-0.3, -0.25) is 14.8 Å². The van der Waals surface area contributed by atoms with Crippen molar-refractivity contribution in [2.45, 2.75) is 11.8 Å². The molecule has 1 amide bonds. The first-order chi connectivity index (χ1) is 14.8. The van der Waals surface area contributed by atoms with Crippen molar-refractivity contribution < 1.29 is 13.2 Å². The summed E-state index contributed by atoms with van der Waals surface area (Å²) in [4.78, 5) is 12.1. The van der Waals surface area contributed by atoms with Crippen molar-refractivity contribution in [2.24, 2.45) is 0 Å². The van der Waals surface area contributed by atoms with Gasteiger partial charge < -0.3 is 5.32 Å². The van der Waals surface area contributed by atoms with Crippen LogP contribution >= 0.6 is 12.2 Å². The summed E-state index contributed by atoms with van der Waals surface area (Å²) in [5.74, 6) is -0.371. The van der Waals surface area contributed by atoms with E-state index in [0.29, 0.717) is 11.4 Å². The van der Waals surface area contributed by atoms with Crippen LogP contribution in [0.2, 0.25) is 0 Å². The Morgan fingerprint density at radius 3 is 2.16 bits per heavy atom. The molecule has 0 fully saturated rings. The molecule has 0 saturated heterocycles. The minimum absolute atomic E-state index is 0.108. The average Bonchev–Trinajstić information content (AvgIpc) is 2.74. The minimum Gasteiger partial charge on any atom is -0.332 e. The van der Waals surface area contributed by atoms with Crippen molar-refractivity contribution in [3.05, 3.63) is 96.1 Å². The highest BCUT2D eigenvalue weighted by atomic mass is 32.2. The fraction of sp³-hybridized carbons (Fsp3) is 0.0435. The van der Waals surface area contributed by atoms with Gasteiger partial charge in [-0.2, -0.15) is 0 Å². The fourth-order valence-corrected chi connectivity index (χ4v) is 3.88. The summed E-state index contributed by atoms with van der Waals surface area (Å²) in [7, 11) is -3.70. The molecule has 0 bridgehead atoms. The van der Waals surface area contributed by atoms with E-state index in [1.54, 1.807) is 48.5 Å². The van der Waals surface area contributed by atoms with Crippen LogP contribution in [0.1, 0.15) is 11.1 Å². The van der Waals surface area contributed by atoms with Gasteiger partial charge in [0.25, 0.3) is 10.0 Å². The van der Waals surface area contributed by atoms with Crippen molar-refractivity contribution in [1.82, 2.24) is 5.32 Å². The minimum atomic E-state index is -3.70. The topological polar surface area (TPSA) is 87.3 Å². The van der Waals surface area contributed by atoms with Crippen LogP contribution in [-0.2, 0) is 14.8 Å². The first kappa shape index (κ1) is 22.2. The molecular formula is C23H21N3O3S2. The maximum atomic E-state index is 12.5. The van der Waals surface area contributed by atoms with Crippen LogP contribution in [0, 0.1) is 6.92 Å². The molecule has 6 nitrogen and oxygen atoms in total. The number of hydrogen-bond acceptors (Lipinski definition) is 4. The summed E-state index contributed by atoms with van der Waals surface area (Å²) < 4.78 is 27.4. The first-order valence-corrected chi connectivity index (χ1v) is 11.3. The van der Waals surface area contributed by atoms with Gasteiger partial charge in [-0.1, -0.05) is 48.0 Å². The van der Waals surface area contributed by atoms with Gasteiger partial charge >= 0.3 is 0 Å². The zero-order chi connectivity index (χ0) is 22.3. The lowest BCUT2D eigenvalue weighted by atomic mass is 10.1.